The number of nitrogens with two attached hydrogens (primary N) is 1. The van der Waals surface area contributed by atoms with E-state index >= 15 is 0 Å². The van der Waals surface area contributed by atoms with Crippen LogP contribution in [0, 0.1) is 23.2 Å². The SMILES string of the molecule is [B]C1([B])OC(N)=N[C@]12c1cc(-c3cncc(C#CC)c3)ccc1C[C@@]21CC[C@H](OC)[C@@H](C)C1. The van der Waals surface area contributed by atoms with Crippen molar-refractivity contribution < 1.29 is 9.47 Å². The normalized spacial score (nSPS) is 31.5. The van der Waals surface area contributed by atoms with Crippen LogP contribution in [0.1, 0.15) is 49.8 Å². The van der Waals surface area contributed by atoms with Crippen LogP contribution < -0.4 is 5.73 Å². The molecule has 2 spiro atoms. The number of aliphatic imine (C=N–C) groups is 1. The maximum Gasteiger partial charge on any atom is 0.281 e. The fourth-order valence-corrected chi connectivity index (χ4v) is 6.55. The number of fused-ring (bicyclic) bond motifs is 3. The Labute approximate surface area is 198 Å². The average molecular weight is 435 g/mol. The number of ether oxygens (including phenoxy) is 2. The Morgan fingerprint density at radius 3 is 2.70 bits per heavy atom. The molecule has 1 aromatic heterocycles. The molecule has 0 bridgehead atoms. The molecule has 0 unspecified atom stereocenters. The maximum absolute atomic E-state index is 6.69. The van der Waals surface area contributed by atoms with Crippen LogP contribution in [0.2, 0.25) is 0 Å². The zero-order valence-corrected chi connectivity index (χ0v) is 19.4. The lowest BCUT2D eigenvalue weighted by Gasteiger charge is -2.53. The van der Waals surface area contributed by atoms with Crippen LogP contribution >= 0.6 is 0 Å². The minimum Gasteiger partial charge on any atom is -0.476 e. The minimum atomic E-state index is -1.55. The Kier molecular flexibility index (Phi) is 5.14. The molecule has 0 amide bonds. The van der Waals surface area contributed by atoms with E-state index in [-0.39, 0.29) is 17.5 Å². The highest BCUT2D eigenvalue weighted by Crippen LogP contribution is 2.65. The molecule has 0 saturated heterocycles. The van der Waals surface area contributed by atoms with Crippen molar-refractivity contribution in [1.29, 1.82) is 0 Å². The van der Waals surface area contributed by atoms with E-state index in [0.717, 1.165) is 47.9 Å². The summed E-state index contributed by atoms with van der Waals surface area (Å²) < 4.78 is 11.5. The predicted octanol–water partition coefficient (Wildman–Crippen LogP) is 3.03. The van der Waals surface area contributed by atoms with Gasteiger partial charge < -0.3 is 15.2 Å². The smallest absolute Gasteiger partial charge is 0.281 e. The summed E-state index contributed by atoms with van der Waals surface area (Å²) >= 11 is 0. The van der Waals surface area contributed by atoms with E-state index in [1.54, 1.807) is 13.3 Å². The molecule has 2 aliphatic carbocycles. The molecule has 5 rings (SSSR count). The number of aromatic nitrogens is 1. The van der Waals surface area contributed by atoms with E-state index in [1.165, 1.54) is 5.56 Å². The summed E-state index contributed by atoms with van der Waals surface area (Å²) in [6.07, 6.45) is 7.28. The highest BCUT2D eigenvalue weighted by Gasteiger charge is 2.68. The van der Waals surface area contributed by atoms with Crippen molar-refractivity contribution in [3.05, 3.63) is 53.3 Å². The van der Waals surface area contributed by atoms with Gasteiger partial charge in [0.05, 0.1) is 11.5 Å². The fraction of sp³-hybridized carbons (Fsp3) is 0.462. The first kappa shape index (κ1) is 22.1. The van der Waals surface area contributed by atoms with Crippen molar-refractivity contribution in [3.63, 3.8) is 0 Å². The number of benzene rings is 1. The van der Waals surface area contributed by atoms with Crippen LogP contribution in [0.15, 0.2) is 41.7 Å². The second-order valence-electron chi connectivity index (χ2n) is 9.72. The Bertz CT molecular complexity index is 1200. The highest BCUT2D eigenvalue weighted by atomic mass is 16.5. The van der Waals surface area contributed by atoms with Crippen LogP contribution in [0.3, 0.4) is 0 Å². The van der Waals surface area contributed by atoms with Gasteiger partial charge in [0.25, 0.3) is 6.02 Å². The van der Waals surface area contributed by atoms with Crippen molar-refractivity contribution in [2.24, 2.45) is 22.1 Å². The Morgan fingerprint density at radius 1 is 1.21 bits per heavy atom. The molecule has 164 valence electrons. The molecule has 1 aliphatic heterocycles. The Balaban J connectivity index is 1.68. The van der Waals surface area contributed by atoms with Gasteiger partial charge in [-0.15, -0.1) is 5.92 Å². The van der Waals surface area contributed by atoms with Crippen molar-refractivity contribution in [2.45, 2.75) is 56.6 Å². The van der Waals surface area contributed by atoms with Crippen LogP contribution in [0.25, 0.3) is 11.1 Å². The maximum atomic E-state index is 6.69. The van der Waals surface area contributed by atoms with E-state index in [4.69, 9.17) is 35.9 Å². The predicted molar refractivity (Wildman–Crippen MR) is 131 cm³/mol. The second-order valence-corrected chi connectivity index (χ2v) is 9.72. The second kappa shape index (κ2) is 7.67. The topological polar surface area (TPSA) is 69.7 Å². The summed E-state index contributed by atoms with van der Waals surface area (Å²) in [7, 11) is 15.2. The van der Waals surface area contributed by atoms with Gasteiger partial charge in [-0.25, -0.2) is 4.99 Å². The highest BCUT2D eigenvalue weighted by molar-refractivity contribution is 6.41. The molecule has 4 atom stereocenters. The van der Waals surface area contributed by atoms with Gasteiger partial charge in [-0.2, -0.15) is 0 Å². The van der Waals surface area contributed by atoms with E-state index in [1.807, 2.05) is 19.2 Å². The first-order valence-electron chi connectivity index (χ1n) is 11.4. The third-order valence-electron chi connectivity index (χ3n) is 7.81. The van der Waals surface area contributed by atoms with Crippen LogP contribution in [-0.2, 0) is 21.4 Å². The molecule has 33 heavy (non-hydrogen) atoms. The molecule has 7 heteroatoms. The molecule has 4 radical (unpaired) electrons. The number of hydrogen-bond acceptors (Lipinski definition) is 5. The lowest BCUT2D eigenvalue weighted by molar-refractivity contribution is -0.0559. The molecule has 1 fully saturated rings. The van der Waals surface area contributed by atoms with Gasteiger partial charge in [0.1, 0.15) is 21.2 Å². The van der Waals surface area contributed by atoms with Gasteiger partial charge in [-0.1, -0.05) is 25.0 Å². The average Bonchev–Trinajstić information content (AvgIpc) is 3.18. The Hall–Kier alpha value is -2.71. The zero-order valence-electron chi connectivity index (χ0n) is 19.4. The molecule has 1 saturated carbocycles. The molecular formula is C26H27B2N3O2. The summed E-state index contributed by atoms with van der Waals surface area (Å²) in [5.74, 6) is 6.33. The van der Waals surface area contributed by atoms with Gasteiger partial charge in [0.15, 0.2) is 0 Å². The summed E-state index contributed by atoms with van der Waals surface area (Å²) in [4.78, 5) is 9.28. The lowest BCUT2D eigenvalue weighted by Crippen LogP contribution is -2.60. The number of hydrogen-bond donors (Lipinski definition) is 1. The van der Waals surface area contributed by atoms with Gasteiger partial charge in [0, 0.05) is 36.0 Å². The molecule has 2 heterocycles. The molecule has 2 N–H and O–H groups in total. The summed E-state index contributed by atoms with van der Waals surface area (Å²) in [6, 6.07) is 8.49. The van der Waals surface area contributed by atoms with Gasteiger partial charge in [-0.05, 0) is 67.3 Å². The first-order chi connectivity index (χ1) is 15.7. The van der Waals surface area contributed by atoms with E-state index in [2.05, 4.69) is 41.9 Å². The van der Waals surface area contributed by atoms with Crippen molar-refractivity contribution in [3.8, 4) is 23.0 Å². The molecule has 3 aliphatic rings. The summed E-state index contributed by atoms with van der Waals surface area (Å²) in [5.41, 5.74) is 9.86. The standard InChI is InChI=1S/C26H27B2N3O2/c1-4-5-17-10-20(15-30-14-17)18-6-7-19-13-24(9-8-22(32-3)16(2)12-24)25(21(19)11-18)26(27,28)33-23(29)31-25/h6-7,10-11,14-16,22H,8-9,12-13H2,1-3H3,(H2,29,31)/t16-,22-,24-,25-/m0/s1. The summed E-state index contributed by atoms with van der Waals surface area (Å²) in [6.45, 7) is 4.04. The van der Waals surface area contributed by atoms with Gasteiger partial charge >= 0.3 is 0 Å². The Morgan fingerprint density at radius 2 is 2.03 bits per heavy atom. The van der Waals surface area contributed by atoms with E-state index in [9.17, 15) is 0 Å². The third kappa shape index (κ3) is 3.14. The fourth-order valence-electron chi connectivity index (χ4n) is 6.55. The van der Waals surface area contributed by atoms with Gasteiger partial charge in [-0.3, -0.25) is 4.98 Å². The molecule has 5 nitrogen and oxygen atoms in total. The molecule has 2 aromatic rings. The minimum absolute atomic E-state index is 0.0426. The lowest BCUT2D eigenvalue weighted by atomic mass is 9.44. The number of amidine groups is 1. The van der Waals surface area contributed by atoms with Crippen molar-refractivity contribution in [1.82, 2.24) is 4.98 Å². The van der Waals surface area contributed by atoms with E-state index < -0.39 is 10.9 Å². The largest absolute Gasteiger partial charge is 0.476 e. The third-order valence-corrected chi connectivity index (χ3v) is 7.81. The first-order valence-corrected chi connectivity index (χ1v) is 11.4. The number of rotatable bonds is 2. The van der Waals surface area contributed by atoms with Crippen LogP contribution in [0.4, 0.5) is 0 Å². The van der Waals surface area contributed by atoms with Crippen LogP contribution in [0.5, 0.6) is 0 Å². The quantitative estimate of drug-likeness (QED) is 0.582. The van der Waals surface area contributed by atoms with E-state index in [0.29, 0.717) is 5.92 Å². The number of nitrogens with zero attached hydrogens (tertiary/aromatic N) is 2. The van der Waals surface area contributed by atoms with Crippen molar-refractivity contribution >= 4 is 21.7 Å². The monoisotopic (exact) mass is 435 g/mol. The zero-order chi connectivity index (χ0) is 23.4. The van der Waals surface area contributed by atoms with Crippen molar-refractivity contribution in [2.75, 3.05) is 7.11 Å². The van der Waals surface area contributed by atoms with Crippen LogP contribution in [-0.4, -0.2) is 45.3 Å². The number of methoxy groups -OCH3 is 1. The summed E-state index contributed by atoms with van der Waals surface area (Å²) in [5, 5.41) is -1.55. The van der Waals surface area contributed by atoms with Gasteiger partial charge in [0.2, 0.25) is 0 Å². The molecular weight excluding hydrogens is 408 g/mol. The molecule has 1 aromatic carbocycles. The number of pyridine rings is 1.